The number of hydrogen-bond acceptors (Lipinski definition) is 19. The van der Waals surface area contributed by atoms with Gasteiger partial charge in [-0.2, -0.15) is 18.3 Å². The molecule has 1 radical (unpaired) electrons. The molecule has 5 rings (SSSR count). The van der Waals surface area contributed by atoms with Crippen molar-refractivity contribution in [1.82, 2.24) is 25.7 Å². The van der Waals surface area contributed by atoms with Crippen molar-refractivity contribution in [2.45, 2.75) is 76.5 Å². The maximum Gasteiger partial charge on any atom is 0.313 e. The van der Waals surface area contributed by atoms with Crippen molar-refractivity contribution in [2.75, 3.05) is 145 Å². The van der Waals surface area contributed by atoms with Gasteiger partial charge in [0.05, 0.1) is 157 Å². The molecule has 0 amide bonds. The Morgan fingerprint density at radius 2 is 1.47 bits per heavy atom. The molecule has 1 aromatic heterocycles. The van der Waals surface area contributed by atoms with Crippen molar-refractivity contribution in [2.24, 2.45) is 10.5 Å². The number of nitrogens with zero attached hydrogens (tertiary/aromatic N) is 6. The Balaban J connectivity index is 0.000000592. The molecular weight excluding hydrogens is 1110 g/mol. The second-order valence-corrected chi connectivity index (χ2v) is 17.8. The number of carbonyl (C=O) groups excluding carboxylic acids is 1. The summed E-state index contributed by atoms with van der Waals surface area (Å²) in [6.45, 7) is 10.7. The first kappa shape index (κ1) is 67.2. The van der Waals surface area contributed by atoms with Crippen molar-refractivity contribution in [3.05, 3.63) is 63.4 Å². The van der Waals surface area contributed by atoms with Crippen LogP contribution in [-0.2, 0) is 103 Å². The van der Waals surface area contributed by atoms with Crippen LogP contribution >= 0.6 is 20.6 Å². The molecule has 22 nitrogen and oxygen atoms in total. The van der Waals surface area contributed by atoms with Crippen LogP contribution in [0.3, 0.4) is 0 Å². The average Bonchev–Trinajstić information content (AvgIpc) is 4.04. The molecule has 75 heavy (non-hydrogen) atoms. The molecular formula is C47H75ClF3N8O14PY-2. The van der Waals surface area contributed by atoms with Gasteiger partial charge in [-0.1, -0.05) is 10.8 Å². The van der Waals surface area contributed by atoms with Crippen molar-refractivity contribution in [3.63, 3.8) is 0 Å². The molecule has 1 saturated carbocycles. The first-order valence-electron chi connectivity index (χ1n) is 24.9. The summed E-state index contributed by atoms with van der Waals surface area (Å²) in [5.74, 6) is -5.56. The van der Waals surface area contributed by atoms with Crippen molar-refractivity contribution in [1.29, 1.82) is 0 Å². The first-order chi connectivity index (χ1) is 36.2. The van der Waals surface area contributed by atoms with E-state index in [9.17, 15) is 18.0 Å². The zero-order valence-corrected chi connectivity index (χ0v) is 47.5. The maximum atomic E-state index is 13.5. The summed E-state index contributed by atoms with van der Waals surface area (Å²) < 4.78 is 107. The minimum atomic E-state index is -1.30. The van der Waals surface area contributed by atoms with Crippen LogP contribution < -0.4 is 15.5 Å². The van der Waals surface area contributed by atoms with E-state index in [1.54, 1.807) is 17.9 Å². The molecule has 3 unspecified atom stereocenters. The molecule has 1 spiro atoms. The molecule has 3 heterocycles. The number of carbonyl (C=O) groups is 1. The molecule has 2 aromatic rings. The van der Waals surface area contributed by atoms with Crippen LogP contribution in [0.5, 0.6) is 5.75 Å². The van der Waals surface area contributed by atoms with E-state index in [4.69, 9.17) is 68.8 Å². The van der Waals surface area contributed by atoms with Gasteiger partial charge in [-0.25, -0.2) is 29.6 Å². The fraction of sp³-hybridized carbons (Fsp3) is 0.745. The van der Waals surface area contributed by atoms with Crippen LogP contribution in [0.4, 0.5) is 13.2 Å². The summed E-state index contributed by atoms with van der Waals surface area (Å²) in [4.78, 5) is 23.8. The van der Waals surface area contributed by atoms with E-state index >= 15 is 0 Å². The van der Waals surface area contributed by atoms with E-state index in [0.717, 1.165) is 31.5 Å². The largest absolute Gasteiger partial charge is 0.661 e. The fourth-order valence-electron chi connectivity index (χ4n) is 7.60. The number of ether oxygens (including phenoxy) is 12. The van der Waals surface area contributed by atoms with Crippen LogP contribution in [0.15, 0.2) is 35.2 Å². The van der Waals surface area contributed by atoms with Gasteiger partial charge in [0.25, 0.3) is 0 Å². The third-order valence-electron chi connectivity index (χ3n) is 11.3. The second kappa shape index (κ2) is 42.8. The summed E-state index contributed by atoms with van der Waals surface area (Å²) in [5.41, 5.74) is 4.99. The third-order valence-corrected chi connectivity index (χ3v) is 11.7. The summed E-state index contributed by atoms with van der Waals surface area (Å²) >= 11 is 5.29. The van der Waals surface area contributed by atoms with Gasteiger partial charge in [0.1, 0.15) is 17.7 Å². The number of aromatic nitrogens is 3. The van der Waals surface area contributed by atoms with Gasteiger partial charge >= 0.3 is 5.97 Å². The molecule has 2 aliphatic heterocycles. The number of piperidine rings is 1. The average molecular weight is 1190 g/mol. The van der Waals surface area contributed by atoms with Gasteiger partial charge < -0.3 is 77.2 Å². The Labute approximate surface area is 469 Å². The molecule has 28 heteroatoms. The van der Waals surface area contributed by atoms with Crippen molar-refractivity contribution in [3.8, 4) is 5.75 Å². The molecule has 3 fully saturated rings. The molecule has 1 aliphatic carbocycles. The van der Waals surface area contributed by atoms with E-state index < -0.39 is 29.2 Å². The summed E-state index contributed by atoms with van der Waals surface area (Å²) in [6.07, 6.45) is 12.1. The molecule has 425 valence electrons. The van der Waals surface area contributed by atoms with Crippen LogP contribution in [-0.4, -0.2) is 196 Å². The van der Waals surface area contributed by atoms with Crippen LogP contribution in [0, 0.1) is 22.9 Å². The Hall–Kier alpha value is -2.11. The standard InChI is InChI=1S/C36H55F3N4O11.C11H20ClN4O3P.Y/c37-29-23-32(38)35(33(39)24-29)54-34(44)1-7-45-9-11-47-13-14-48-12-10-46-8-6-43-27-30(41-42-43)28-52-20-19-50-16-15-49-17-18-51-21-22-53-31-25-36(26-31)2-4-40-5-3-36;1-13-4-9(5-14-12)6-15-16-11-3-2-10(19-11)7-18-8-20-17;/h23-24,27,31,40H,1-22,25-26,28H2;5-6,10-11,16-17,20H,2-4,7-8H2,1H3;/q;-2;/b;9-5+,15-6-;. The molecule has 3 aliphatic rings. The predicted octanol–water partition coefficient (Wildman–Crippen LogP) is 4.91. The molecule has 1 aromatic carbocycles. The number of esters is 1. The normalized spacial score (nSPS) is 17.6. The van der Waals surface area contributed by atoms with E-state index in [1.807, 2.05) is 6.20 Å². The maximum absolute atomic E-state index is 13.5. The smallest absolute Gasteiger partial charge is 0.313 e. The Bertz CT molecular complexity index is 1830. The molecule has 0 bridgehead atoms. The van der Waals surface area contributed by atoms with Gasteiger partial charge in [-0.05, 0) is 57.0 Å². The van der Waals surface area contributed by atoms with Gasteiger partial charge in [0.2, 0.25) is 5.75 Å². The third kappa shape index (κ3) is 30.7. The first-order valence-corrected chi connectivity index (χ1v) is 26.3. The number of halogens is 4. The molecule has 3 N–H and O–H groups in total. The van der Waals surface area contributed by atoms with E-state index in [1.165, 1.54) is 31.9 Å². The zero-order valence-electron chi connectivity index (χ0n) is 42.9. The van der Waals surface area contributed by atoms with Crippen molar-refractivity contribution < 1.29 is 112 Å². The number of benzene rings is 1. The van der Waals surface area contributed by atoms with Crippen molar-refractivity contribution >= 4 is 32.8 Å². The number of rotatable bonds is 41. The van der Waals surface area contributed by atoms with Gasteiger partial charge in [0, 0.05) is 59.9 Å². The zero-order chi connectivity index (χ0) is 52.7. The van der Waals surface area contributed by atoms with Crippen LogP contribution in [0.2, 0.25) is 0 Å². The minimum absolute atomic E-state index is 0. The van der Waals surface area contributed by atoms with Crippen LogP contribution in [0.25, 0.3) is 10.2 Å². The fourth-order valence-corrected chi connectivity index (χ4v) is 7.94. The van der Waals surface area contributed by atoms with E-state index in [2.05, 4.69) is 41.0 Å². The Morgan fingerprint density at radius 3 is 2.07 bits per heavy atom. The summed E-state index contributed by atoms with van der Waals surface area (Å²) in [5, 5.41) is 19.7. The summed E-state index contributed by atoms with van der Waals surface area (Å²) in [7, 11) is 1.53. The minimum Gasteiger partial charge on any atom is -0.661 e. The quantitative estimate of drug-likeness (QED) is 0.0200. The second-order valence-electron chi connectivity index (χ2n) is 17.0. The SMILES string of the molecule is C[N-]CC(/C=N\NC1CCC(COCPO)O1)=C\[N-]Cl.O=C(CCOCCOCCOCCOCCn1cc(COCCOCCOCCOCCOC2CC3(CCNCC3)C2)nn1)Oc1c(F)cc(F)cc1F.[Y]. The topological polar surface area (TPSA) is 243 Å². The Kier molecular flexibility index (Phi) is 38.3. The van der Waals surface area contributed by atoms with Gasteiger partial charge in [-0.15, -0.1) is 11.6 Å². The molecule has 3 atom stereocenters. The van der Waals surface area contributed by atoms with E-state index in [-0.39, 0.29) is 80.1 Å². The van der Waals surface area contributed by atoms with Gasteiger partial charge in [0.15, 0.2) is 11.6 Å². The monoisotopic (exact) mass is 1190 g/mol. The van der Waals surface area contributed by atoms with Gasteiger partial charge in [-0.3, -0.25) is 10.2 Å². The number of nitrogens with one attached hydrogen (secondary N) is 2. The number of hydrazone groups is 1. The van der Waals surface area contributed by atoms with E-state index in [0.29, 0.717) is 148 Å². The molecule has 2 saturated heterocycles. The predicted molar refractivity (Wildman–Crippen MR) is 268 cm³/mol. The number of hydrogen-bond donors (Lipinski definition) is 3. The van der Waals surface area contributed by atoms with Crippen LogP contribution in [0.1, 0.15) is 50.6 Å². The number of likely N-dealkylation sites (N-methyl/N-ethyl adjacent to an activating group) is 1. The summed E-state index contributed by atoms with van der Waals surface area (Å²) in [6, 6.07) is 0.855. The Morgan fingerprint density at radius 1 is 0.880 bits per heavy atom.